The van der Waals surface area contributed by atoms with Crippen LogP contribution in [0.15, 0.2) is 65.1 Å². The number of benzene rings is 3. The van der Waals surface area contributed by atoms with Gasteiger partial charge in [0.05, 0.1) is 10.8 Å². The van der Waals surface area contributed by atoms with Crippen LogP contribution in [0.1, 0.15) is 5.56 Å². The molecule has 4 aromatic rings. The van der Waals surface area contributed by atoms with Gasteiger partial charge in [-0.3, -0.25) is 0 Å². The molecule has 2 heterocycles. The van der Waals surface area contributed by atoms with Gasteiger partial charge in [-0.1, -0.05) is 18.2 Å². The van der Waals surface area contributed by atoms with E-state index in [1.165, 1.54) is 0 Å². The zero-order valence-electron chi connectivity index (χ0n) is 18.1. The van der Waals surface area contributed by atoms with Crippen molar-refractivity contribution in [1.82, 2.24) is 4.58 Å². The minimum absolute atomic E-state index is 0.138. The number of hydrogen-bond acceptors (Lipinski definition) is 4. The van der Waals surface area contributed by atoms with Gasteiger partial charge in [-0.15, -0.1) is 0 Å². The summed E-state index contributed by atoms with van der Waals surface area (Å²) in [6.45, 7) is 0.501. The number of anilines is 3. The molecule has 6 nitrogen and oxygen atoms in total. The molecule has 156 valence electrons. The third-order valence-electron chi connectivity index (χ3n) is 5.80. The molecule has 0 aliphatic carbocycles. The van der Waals surface area contributed by atoms with Crippen LogP contribution in [0.5, 0.6) is 0 Å². The van der Waals surface area contributed by atoms with Crippen LogP contribution in [0, 0.1) is 0 Å². The molecule has 1 aromatic heterocycles. The van der Waals surface area contributed by atoms with E-state index in [4.69, 9.17) is 4.42 Å². The second kappa shape index (κ2) is 7.16. The van der Waals surface area contributed by atoms with E-state index in [2.05, 4.69) is 17.4 Å². The van der Waals surface area contributed by atoms with E-state index >= 15 is 0 Å². The van der Waals surface area contributed by atoms with Gasteiger partial charge in [-0.25, -0.2) is 5.32 Å². The predicted molar refractivity (Wildman–Crippen MR) is 127 cm³/mol. The lowest BCUT2D eigenvalue weighted by molar-refractivity contribution is 0.245. The number of carbonyl (C=O) groups is 1. The molecule has 31 heavy (non-hydrogen) atoms. The number of hydrogen-bond donors (Lipinski definition) is 1. The molecule has 3 aromatic carbocycles. The summed E-state index contributed by atoms with van der Waals surface area (Å²) in [7, 11) is 8.01. The van der Waals surface area contributed by atoms with E-state index in [9.17, 15) is 4.79 Å². The standard InChI is InChI=1S/C25H24N4O2/c1-27(2)17-9-11-19-22(13-17)31-23-14-18(28(3)4)10-12-20(23)24(19)29-15-16-7-5-6-8-21(16)26-25(29)30/h5-14H,15H2,1-4H3/p+1. The average Bonchev–Trinajstić information content (AvgIpc) is 2.76. The number of nitrogens with one attached hydrogen (secondary N) is 1. The highest BCUT2D eigenvalue weighted by Gasteiger charge is 2.28. The molecule has 1 aliphatic rings. The first-order valence-electron chi connectivity index (χ1n) is 10.3. The molecule has 0 atom stereocenters. The van der Waals surface area contributed by atoms with Crippen molar-refractivity contribution in [1.29, 1.82) is 0 Å². The Bertz CT molecular complexity index is 1350. The lowest BCUT2D eigenvalue weighted by atomic mass is 10.1. The molecule has 1 aliphatic heterocycles. The van der Waals surface area contributed by atoms with E-state index in [-0.39, 0.29) is 6.03 Å². The second-order valence-corrected chi connectivity index (χ2v) is 8.27. The maximum Gasteiger partial charge on any atom is 0.496 e. The van der Waals surface area contributed by atoms with Crippen LogP contribution in [0.3, 0.4) is 0 Å². The Kier molecular flexibility index (Phi) is 4.43. The van der Waals surface area contributed by atoms with Gasteiger partial charge in [0.1, 0.15) is 23.4 Å². The van der Waals surface area contributed by atoms with Crippen molar-refractivity contribution in [3.8, 4) is 0 Å². The van der Waals surface area contributed by atoms with E-state index in [1.807, 2.05) is 91.1 Å². The summed E-state index contributed by atoms with van der Waals surface area (Å²) in [6.07, 6.45) is 0. The Morgan fingerprint density at radius 3 is 2.00 bits per heavy atom. The normalized spacial score (nSPS) is 13.3. The van der Waals surface area contributed by atoms with Gasteiger partial charge in [-0.2, -0.15) is 9.37 Å². The van der Waals surface area contributed by atoms with Crippen LogP contribution in [0.25, 0.3) is 21.9 Å². The van der Waals surface area contributed by atoms with Crippen molar-refractivity contribution >= 4 is 45.0 Å². The van der Waals surface area contributed by atoms with Crippen molar-refractivity contribution in [2.24, 2.45) is 0 Å². The summed E-state index contributed by atoms with van der Waals surface area (Å²) < 4.78 is 8.17. The van der Waals surface area contributed by atoms with Crippen LogP contribution in [0.2, 0.25) is 0 Å². The highest BCUT2D eigenvalue weighted by Crippen LogP contribution is 2.26. The predicted octanol–water partition coefficient (Wildman–Crippen LogP) is 4.24. The van der Waals surface area contributed by atoms with Crippen molar-refractivity contribution in [2.75, 3.05) is 43.3 Å². The first kappa shape index (κ1) is 19.2. The molecule has 0 spiro atoms. The monoisotopic (exact) mass is 413 g/mol. The third-order valence-corrected chi connectivity index (χ3v) is 5.80. The number of urea groups is 1. The van der Waals surface area contributed by atoms with Crippen molar-refractivity contribution in [2.45, 2.75) is 6.54 Å². The average molecular weight is 414 g/mol. The van der Waals surface area contributed by atoms with Crippen LogP contribution in [-0.4, -0.2) is 34.2 Å². The second-order valence-electron chi connectivity index (χ2n) is 8.27. The van der Waals surface area contributed by atoms with Crippen molar-refractivity contribution in [3.05, 3.63) is 71.6 Å². The zero-order chi connectivity index (χ0) is 21.7. The van der Waals surface area contributed by atoms with Gasteiger partial charge >= 0.3 is 6.03 Å². The van der Waals surface area contributed by atoms with Gasteiger partial charge in [0.25, 0.3) is 0 Å². The maximum atomic E-state index is 13.2. The summed E-state index contributed by atoms with van der Waals surface area (Å²) in [5, 5.41) is 5.71. The van der Waals surface area contributed by atoms with Gasteiger partial charge in [0.2, 0.25) is 0 Å². The Balaban J connectivity index is 1.91. The van der Waals surface area contributed by atoms with Gasteiger partial charge < -0.3 is 14.2 Å². The Labute approximate surface area is 180 Å². The highest BCUT2D eigenvalue weighted by molar-refractivity contribution is 5.97. The SMILES string of the molecule is CN(C)c1ccc2c(=[N+]3Cc4ccccc4NC3=O)c3ccc(N(C)C)cc3oc2c1. The fourth-order valence-corrected chi connectivity index (χ4v) is 4.08. The molecule has 0 saturated carbocycles. The number of fused-ring (bicyclic) bond motifs is 3. The van der Waals surface area contributed by atoms with Crippen molar-refractivity contribution in [3.63, 3.8) is 0 Å². The molecule has 0 bridgehead atoms. The number of amides is 2. The first-order chi connectivity index (χ1) is 14.9. The molecular weight excluding hydrogens is 388 g/mol. The van der Waals surface area contributed by atoms with E-state index in [0.717, 1.165) is 49.9 Å². The van der Waals surface area contributed by atoms with Gasteiger partial charge in [0, 0.05) is 57.3 Å². The lowest BCUT2D eigenvalue weighted by Gasteiger charge is -2.17. The van der Waals surface area contributed by atoms with Crippen LogP contribution < -0.4 is 25.0 Å². The molecular formula is C25H25N4O2+. The molecule has 5 rings (SSSR count). The number of para-hydroxylation sites is 1. The smallest absolute Gasteiger partial charge is 0.456 e. The van der Waals surface area contributed by atoms with Gasteiger partial charge in [0.15, 0.2) is 5.36 Å². The summed E-state index contributed by atoms with van der Waals surface area (Å²) >= 11 is 0. The number of nitrogens with zero attached hydrogens (tertiary/aromatic N) is 3. The van der Waals surface area contributed by atoms with E-state index in [1.54, 1.807) is 0 Å². The topological polar surface area (TPSA) is 51.7 Å². The van der Waals surface area contributed by atoms with E-state index < -0.39 is 0 Å². The number of rotatable bonds is 2. The maximum absolute atomic E-state index is 13.2. The molecule has 0 saturated heterocycles. The molecule has 6 heteroatoms. The summed E-state index contributed by atoms with van der Waals surface area (Å²) in [5.41, 5.74) is 5.52. The van der Waals surface area contributed by atoms with Crippen LogP contribution in [-0.2, 0) is 6.54 Å². The lowest BCUT2D eigenvalue weighted by Crippen LogP contribution is -2.42. The Hall–Kier alpha value is -3.80. The molecule has 1 N–H and O–H groups in total. The minimum atomic E-state index is -0.138. The first-order valence-corrected chi connectivity index (χ1v) is 10.3. The van der Waals surface area contributed by atoms with Crippen LogP contribution in [0.4, 0.5) is 21.9 Å². The molecule has 0 fully saturated rings. The largest absolute Gasteiger partial charge is 0.496 e. The fraction of sp³-hybridized carbons (Fsp3) is 0.200. The zero-order valence-corrected chi connectivity index (χ0v) is 18.1. The molecule has 0 unspecified atom stereocenters. The van der Waals surface area contributed by atoms with Crippen molar-refractivity contribution < 1.29 is 9.21 Å². The quantitative estimate of drug-likeness (QED) is 0.395. The third kappa shape index (κ3) is 3.20. The minimum Gasteiger partial charge on any atom is -0.456 e. The fourth-order valence-electron chi connectivity index (χ4n) is 4.08. The highest BCUT2D eigenvalue weighted by atomic mass is 16.3. The van der Waals surface area contributed by atoms with Crippen LogP contribution >= 0.6 is 0 Å². The Morgan fingerprint density at radius 1 is 0.839 bits per heavy atom. The summed E-state index contributed by atoms with van der Waals surface area (Å²) in [4.78, 5) is 17.2. The molecule has 0 radical (unpaired) electrons. The Morgan fingerprint density at radius 2 is 1.42 bits per heavy atom. The number of carbonyl (C=O) groups excluding carboxylic acids is 1. The summed E-state index contributed by atoms with van der Waals surface area (Å²) in [6, 6.07) is 20.0. The molecule has 2 amide bonds. The van der Waals surface area contributed by atoms with Gasteiger partial charge in [-0.05, 0) is 30.3 Å². The van der Waals surface area contributed by atoms with E-state index in [0.29, 0.717) is 6.54 Å². The summed E-state index contributed by atoms with van der Waals surface area (Å²) in [5.74, 6) is 0.